The minimum atomic E-state index is 0. The van der Waals surface area contributed by atoms with Gasteiger partial charge in [0.15, 0.2) is 0 Å². The van der Waals surface area contributed by atoms with Crippen LogP contribution in [0.25, 0.3) is 0 Å². The SMILES string of the molecule is Cl.N[C@@H]1CCCC[C@H]1N1CCCNC1=O. The van der Waals surface area contributed by atoms with Crippen LogP contribution in [-0.4, -0.2) is 36.1 Å². The van der Waals surface area contributed by atoms with Crippen LogP contribution in [0, 0.1) is 0 Å². The summed E-state index contributed by atoms with van der Waals surface area (Å²) in [4.78, 5) is 13.5. The second-order valence-corrected chi connectivity index (χ2v) is 4.29. The van der Waals surface area contributed by atoms with Crippen molar-refractivity contribution in [3.8, 4) is 0 Å². The Morgan fingerprint density at radius 2 is 2.00 bits per heavy atom. The molecule has 0 aromatic heterocycles. The third-order valence-electron chi connectivity index (χ3n) is 3.29. The molecule has 4 nitrogen and oxygen atoms in total. The Morgan fingerprint density at radius 1 is 1.27 bits per heavy atom. The van der Waals surface area contributed by atoms with Crippen LogP contribution in [-0.2, 0) is 0 Å². The van der Waals surface area contributed by atoms with Gasteiger partial charge >= 0.3 is 6.03 Å². The van der Waals surface area contributed by atoms with Crippen molar-refractivity contribution in [2.75, 3.05) is 13.1 Å². The van der Waals surface area contributed by atoms with Gasteiger partial charge in [-0.2, -0.15) is 0 Å². The van der Waals surface area contributed by atoms with Gasteiger partial charge in [0, 0.05) is 25.2 Å². The van der Waals surface area contributed by atoms with Gasteiger partial charge in [-0.3, -0.25) is 0 Å². The zero-order chi connectivity index (χ0) is 9.97. The maximum absolute atomic E-state index is 11.6. The van der Waals surface area contributed by atoms with E-state index in [0.717, 1.165) is 32.4 Å². The van der Waals surface area contributed by atoms with Crippen molar-refractivity contribution in [3.05, 3.63) is 0 Å². The number of carbonyl (C=O) groups excluding carboxylic acids is 1. The standard InChI is InChI=1S/C10H19N3O.ClH/c11-8-4-1-2-5-9(8)13-7-3-6-12-10(13)14;/h8-9H,1-7,11H2,(H,12,14);1H/t8-,9-;/m1./s1. The lowest BCUT2D eigenvalue weighted by molar-refractivity contribution is 0.132. The molecule has 2 rings (SSSR count). The number of rotatable bonds is 1. The number of hydrogen-bond acceptors (Lipinski definition) is 2. The molecule has 15 heavy (non-hydrogen) atoms. The summed E-state index contributed by atoms with van der Waals surface area (Å²) in [5.41, 5.74) is 6.05. The van der Waals surface area contributed by atoms with Gasteiger partial charge in [-0.25, -0.2) is 4.79 Å². The lowest BCUT2D eigenvalue weighted by Gasteiger charge is -2.40. The highest BCUT2D eigenvalue weighted by atomic mass is 35.5. The molecule has 3 N–H and O–H groups in total. The molecule has 88 valence electrons. The van der Waals surface area contributed by atoms with Crippen molar-refractivity contribution in [2.45, 2.75) is 44.2 Å². The van der Waals surface area contributed by atoms with Gasteiger partial charge < -0.3 is 16.0 Å². The average molecular weight is 234 g/mol. The fourth-order valence-corrected chi connectivity index (χ4v) is 2.49. The van der Waals surface area contributed by atoms with Gasteiger partial charge in [0.1, 0.15) is 0 Å². The van der Waals surface area contributed by atoms with Crippen molar-refractivity contribution < 1.29 is 4.79 Å². The molecule has 2 fully saturated rings. The Balaban J connectivity index is 0.00000112. The summed E-state index contributed by atoms with van der Waals surface area (Å²) in [5, 5.41) is 2.88. The third kappa shape index (κ3) is 2.75. The maximum atomic E-state index is 11.6. The number of urea groups is 1. The van der Waals surface area contributed by atoms with Crippen molar-refractivity contribution in [3.63, 3.8) is 0 Å². The highest BCUT2D eigenvalue weighted by Crippen LogP contribution is 2.22. The molecule has 2 atom stereocenters. The first-order chi connectivity index (χ1) is 6.79. The van der Waals surface area contributed by atoms with Crippen LogP contribution in [0.1, 0.15) is 32.1 Å². The third-order valence-corrected chi connectivity index (χ3v) is 3.29. The highest BCUT2D eigenvalue weighted by molar-refractivity contribution is 5.85. The molecule has 2 amide bonds. The van der Waals surface area contributed by atoms with E-state index in [-0.39, 0.29) is 30.5 Å². The van der Waals surface area contributed by atoms with Crippen molar-refractivity contribution in [2.24, 2.45) is 5.73 Å². The number of carbonyl (C=O) groups is 1. The number of halogens is 1. The van der Waals surface area contributed by atoms with Gasteiger partial charge in [-0.15, -0.1) is 12.4 Å². The van der Waals surface area contributed by atoms with E-state index in [9.17, 15) is 4.79 Å². The number of nitrogens with zero attached hydrogens (tertiary/aromatic N) is 1. The highest BCUT2D eigenvalue weighted by Gasteiger charge is 2.31. The molecule has 0 aromatic carbocycles. The predicted octanol–water partition coefficient (Wildman–Crippen LogP) is 1.09. The smallest absolute Gasteiger partial charge is 0.317 e. The number of amides is 2. The normalized spacial score (nSPS) is 31.8. The van der Waals surface area contributed by atoms with Crippen LogP contribution in [0.3, 0.4) is 0 Å². The van der Waals surface area contributed by atoms with Crippen LogP contribution in [0.4, 0.5) is 4.79 Å². The van der Waals surface area contributed by atoms with E-state index in [2.05, 4.69) is 5.32 Å². The molecule has 0 unspecified atom stereocenters. The monoisotopic (exact) mass is 233 g/mol. The molecule has 0 spiro atoms. The van der Waals surface area contributed by atoms with Gasteiger partial charge in [-0.05, 0) is 19.3 Å². The first-order valence-corrected chi connectivity index (χ1v) is 5.59. The molecule has 1 saturated carbocycles. The van der Waals surface area contributed by atoms with Crippen molar-refractivity contribution >= 4 is 18.4 Å². The van der Waals surface area contributed by atoms with Gasteiger partial charge in [0.2, 0.25) is 0 Å². The topological polar surface area (TPSA) is 58.4 Å². The number of nitrogens with two attached hydrogens (primary N) is 1. The molecule has 2 aliphatic rings. The zero-order valence-electron chi connectivity index (χ0n) is 8.95. The predicted molar refractivity (Wildman–Crippen MR) is 62.2 cm³/mol. The van der Waals surface area contributed by atoms with E-state index in [1.165, 1.54) is 12.8 Å². The van der Waals surface area contributed by atoms with Gasteiger partial charge in [0.25, 0.3) is 0 Å². The second kappa shape index (κ2) is 5.56. The van der Waals surface area contributed by atoms with E-state index in [1.807, 2.05) is 4.90 Å². The second-order valence-electron chi connectivity index (χ2n) is 4.29. The van der Waals surface area contributed by atoms with Crippen LogP contribution in [0.2, 0.25) is 0 Å². The van der Waals surface area contributed by atoms with E-state index in [4.69, 9.17) is 5.73 Å². The Morgan fingerprint density at radius 3 is 2.67 bits per heavy atom. The van der Waals surface area contributed by atoms with E-state index in [1.54, 1.807) is 0 Å². The van der Waals surface area contributed by atoms with Crippen LogP contribution in [0.5, 0.6) is 0 Å². The summed E-state index contributed by atoms with van der Waals surface area (Å²) in [6.45, 7) is 1.70. The average Bonchev–Trinajstić information content (AvgIpc) is 2.20. The van der Waals surface area contributed by atoms with Crippen LogP contribution in [0.15, 0.2) is 0 Å². The van der Waals surface area contributed by atoms with E-state index >= 15 is 0 Å². The molecule has 5 heteroatoms. The quantitative estimate of drug-likeness (QED) is 0.713. The van der Waals surface area contributed by atoms with E-state index in [0.29, 0.717) is 0 Å². The summed E-state index contributed by atoms with van der Waals surface area (Å²) in [6.07, 6.45) is 5.62. The Kier molecular flexibility index (Phi) is 4.67. The molecule has 1 aliphatic carbocycles. The summed E-state index contributed by atoms with van der Waals surface area (Å²) < 4.78 is 0. The zero-order valence-corrected chi connectivity index (χ0v) is 9.76. The van der Waals surface area contributed by atoms with Crippen LogP contribution >= 0.6 is 12.4 Å². The Labute approximate surface area is 97.0 Å². The molecule has 0 bridgehead atoms. The Hall–Kier alpha value is -0.480. The molecular weight excluding hydrogens is 214 g/mol. The van der Waals surface area contributed by atoms with E-state index < -0.39 is 0 Å². The fraction of sp³-hybridized carbons (Fsp3) is 0.900. The molecule has 0 radical (unpaired) electrons. The molecule has 1 saturated heterocycles. The van der Waals surface area contributed by atoms with Crippen molar-refractivity contribution in [1.29, 1.82) is 0 Å². The lowest BCUT2D eigenvalue weighted by atomic mass is 9.89. The minimum Gasteiger partial charge on any atom is -0.338 e. The Bertz CT molecular complexity index is 225. The van der Waals surface area contributed by atoms with Gasteiger partial charge in [0.05, 0.1) is 0 Å². The number of nitrogens with one attached hydrogen (secondary N) is 1. The number of hydrogen-bond donors (Lipinski definition) is 2. The largest absolute Gasteiger partial charge is 0.338 e. The molecule has 1 aliphatic heterocycles. The molecule has 1 heterocycles. The summed E-state index contributed by atoms with van der Waals surface area (Å²) in [5.74, 6) is 0. The molecule has 0 aromatic rings. The molecular formula is C10H20ClN3O. The first-order valence-electron chi connectivity index (χ1n) is 5.59. The lowest BCUT2D eigenvalue weighted by Crippen LogP contribution is -2.57. The van der Waals surface area contributed by atoms with Gasteiger partial charge in [-0.1, -0.05) is 12.8 Å². The summed E-state index contributed by atoms with van der Waals surface area (Å²) in [7, 11) is 0. The van der Waals surface area contributed by atoms with Crippen LogP contribution < -0.4 is 11.1 Å². The fourth-order valence-electron chi connectivity index (χ4n) is 2.49. The van der Waals surface area contributed by atoms with Crippen molar-refractivity contribution in [1.82, 2.24) is 10.2 Å². The minimum absolute atomic E-state index is 0. The maximum Gasteiger partial charge on any atom is 0.317 e. The summed E-state index contributed by atoms with van der Waals surface area (Å²) >= 11 is 0. The summed E-state index contributed by atoms with van der Waals surface area (Å²) in [6, 6.07) is 0.551. The first kappa shape index (κ1) is 12.6.